The van der Waals surface area contributed by atoms with Crippen molar-refractivity contribution in [2.75, 3.05) is 11.9 Å². The lowest BCUT2D eigenvalue weighted by atomic mass is 10.1. The highest BCUT2D eigenvalue weighted by molar-refractivity contribution is 7.16. The van der Waals surface area contributed by atoms with E-state index in [-0.39, 0.29) is 36.4 Å². The molecule has 1 aliphatic rings. The second kappa shape index (κ2) is 8.35. The molecule has 0 unspecified atom stereocenters. The van der Waals surface area contributed by atoms with E-state index in [0.717, 1.165) is 16.2 Å². The first kappa shape index (κ1) is 19.8. The molecule has 1 aromatic carbocycles. The first-order chi connectivity index (χ1) is 13.5. The minimum absolute atomic E-state index is 0.0209. The molecule has 0 radical (unpaired) electrons. The van der Waals surface area contributed by atoms with Crippen molar-refractivity contribution in [2.24, 2.45) is 0 Å². The highest BCUT2D eigenvalue weighted by Crippen LogP contribution is 2.32. The predicted molar refractivity (Wildman–Crippen MR) is 104 cm³/mol. The maximum Gasteiger partial charge on any atom is 0.341 e. The van der Waals surface area contributed by atoms with Crippen LogP contribution in [-0.4, -0.2) is 35.2 Å². The molecule has 1 aromatic heterocycles. The lowest BCUT2D eigenvalue weighted by molar-refractivity contribution is -0.116. The van der Waals surface area contributed by atoms with Crippen molar-refractivity contribution in [1.29, 1.82) is 0 Å². The van der Waals surface area contributed by atoms with Crippen molar-refractivity contribution < 1.29 is 23.9 Å². The fourth-order valence-corrected chi connectivity index (χ4v) is 3.98. The second-order valence-electron chi connectivity index (χ2n) is 6.22. The van der Waals surface area contributed by atoms with E-state index in [1.165, 1.54) is 0 Å². The van der Waals surface area contributed by atoms with Gasteiger partial charge in [-0.1, -0.05) is 19.1 Å². The largest absolute Gasteiger partial charge is 0.462 e. The molecule has 28 heavy (non-hydrogen) atoms. The Morgan fingerprint density at radius 3 is 2.32 bits per heavy atom. The first-order valence-electron chi connectivity index (χ1n) is 9.01. The van der Waals surface area contributed by atoms with Crippen molar-refractivity contribution in [3.8, 4) is 0 Å². The summed E-state index contributed by atoms with van der Waals surface area (Å²) in [5.74, 6) is -1.51. The molecule has 0 fully saturated rings. The van der Waals surface area contributed by atoms with E-state index in [2.05, 4.69) is 5.32 Å². The average molecular weight is 400 g/mol. The second-order valence-corrected chi connectivity index (χ2v) is 7.35. The number of benzene rings is 1. The van der Waals surface area contributed by atoms with Crippen LogP contribution in [0.4, 0.5) is 5.00 Å². The zero-order valence-electron chi connectivity index (χ0n) is 15.6. The van der Waals surface area contributed by atoms with E-state index >= 15 is 0 Å². The van der Waals surface area contributed by atoms with Crippen LogP contribution >= 0.6 is 11.3 Å². The van der Waals surface area contributed by atoms with Crippen molar-refractivity contribution in [3.63, 3.8) is 0 Å². The van der Waals surface area contributed by atoms with Crippen LogP contribution in [0.15, 0.2) is 30.3 Å². The minimum Gasteiger partial charge on any atom is -0.462 e. The number of esters is 1. The summed E-state index contributed by atoms with van der Waals surface area (Å²) in [6, 6.07) is 8.21. The molecule has 0 saturated heterocycles. The van der Waals surface area contributed by atoms with Crippen LogP contribution in [0.5, 0.6) is 0 Å². The highest BCUT2D eigenvalue weighted by Gasteiger charge is 2.35. The zero-order valence-corrected chi connectivity index (χ0v) is 16.4. The summed E-state index contributed by atoms with van der Waals surface area (Å²) in [6.07, 6.45) is 1.00. The normalized spacial score (nSPS) is 12.9. The SMILES string of the molecule is CCCC(=O)Nc1sc(CN2C(=O)c3ccccc3C2=O)cc1C(=O)OCC. The summed E-state index contributed by atoms with van der Waals surface area (Å²) in [5.41, 5.74) is 0.959. The zero-order chi connectivity index (χ0) is 20.3. The summed E-state index contributed by atoms with van der Waals surface area (Å²) in [6.45, 7) is 3.80. The summed E-state index contributed by atoms with van der Waals surface area (Å²) < 4.78 is 5.06. The third-order valence-electron chi connectivity index (χ3n) is 4.20. The van der Waals surface area contributed by atoms with Crippen LogP contribution in [0.25, 0.3) is 0 Å². The molecular weight excluding hydrogens is 380 g/mol. The van der Waals surface area contributed by atoms with E-state index in [9.17, 15) is 19.2 Å². The Kier molecular flexibility index (Phi) is 5.89. The van der Waals surface area contributed by atoms with Crippen LogP contribution in [0, 0.1) is 0 Å². The molecule has 3 amide bonds. The van der Waals surface area contributed by atoms with Gasteiger partial charge in [-0.15, -0.1) is 11.3 Å². The van der Waals surface area contributed by atoms with E-state index in [1.54, 1.807) is 37.3 Å². The van der Waals surface area contributed by atoms with Crippen molar-refractivity contribution in [1.82, 2.24) is 4.90 Å². The number of nitrogens with one attached hydrogen (secondary N) is 1. The number of rotatable bonds is 7. The minimum atomic E-state index is -0.556. The molecular formula is C20H20N2O5S. The van der Waals surface area contributed by atoms with Crippen LogP contribution in [-0.2, 0) is 16.1 Å². The molecule has 2 heterocycles. The fourth-order valence-electron chi connectivity index (χ4n) is 2.93. The van der Waals surface area contributed by atoms with Crippen molar-refractivity contribution >= 4 is 40.0 Å². The molecule has 0 saturated carbocycles. The molecule has 8 heteroatoms. The Bertz CT molecular complexity index is 915. The summed E-state index contributed by atoms with van der Waals surface area (Å²) >= 11 is 1.16. The van der Waals surface area contributed by atoms with Crippen LogP contribution < -0.4 is 5.32 Å². The number of carbonyl (C=O) groups excluding carboxylic acids is 4. The number of imide groups is 1. The Morgan fingerprint density at radius 1 is 1.11 bits per heavy atom. The number of hydrogen-bond donors (Lipinski definition) is 1. The number of ether oxygens (including phenoxy) is 1. The van der Waals surface area contributed by atoms with Gasteiger partial charge in [0.2, 0.25) is 5.91 Å². The van der Waals surface area contributed by atoms with Crippen molar-refractivity contribution in [3.05, 3.63) is 51.9 Å². The molecule has 146 valence electrons. The quantitative estimate of drug-likeness (QED) is 0.568. The number of amides is 3. The average Bonchev–Trinajstić information content (AvgIpc) is 3.17. The number of anilines is 1. The van der Waals surface area contributed by atoms with Crippen molar-refractivity contribution in [2.45, 2.75) is 33.2 Å². The van der Waals surface area contributed by atoms with Gasteiger partial charge in [0.05, 0.1) is 29.8 Å². The molecule has 0 spiro atoms. The third kappa shape index (κ3) is 3.82. The smallest absolute Gasteiger partial charge is 0.341 e. The Hall–Kier alpha value is -3.00. The van der Waals surface area contributed by atoms with E-state index in [1.807, 2.05) is 6.92 Å². The maximum atomic E-state index is 12.6. The number of carbonyl (C=O) groups is 4. The number of nitrogens with zero attached hydrogens (tertiary/aromatic N) is 1. The molecule has 1 aliphatic heterocycles. The van der Waals surface area contributed by atoms with E-state index in [0.29, 0.717) is 33.8 Å². The lowest BCUT2D eigenvalue weighted by Crippen LogP contribution is -2.28. The number of thiophene rings is 1. The molecule has 7 nitrogen and oxygen atoms in total. The van der Waals surface area contributed by atoms with Gasteiger partial charge >= 0.3 is 5.97 Å². The van der Waals surface area contributed by atoms with E-state index < -0.39 is 5.97 Å². The maximum absolute atomic E-state index is 12.6. The van der Waals surface area contributed by atoms with Crippen LogP contribution in [0.3, 0.4) is 0 Å². The van der Waals surface area contributed by atoms with Gasteiger partial charge in [-0.05, 0) is 31.5 Å². The monoisotopic (exact) mass is 400 g/mol. The Morgan fingerprint density at radius 2 is 1.75 bits per heavy atom. The van der Waals surface area contributed by atoms with Gasteiger partial charge in [0.1, 0.15) is 5.00 Å². The van der Waals surface area contributed by atoms with Crippen LogP contribution in [0.1, 0.15) is 62.6 Å². The van der Waals surface area contributed by atoms with Gasteiger partial charge in [-0.25, -0.2) is 4.79 Å². The molecule has 0 aliphatic carbocycles. The summed E-state index contributed by atoms with van der Waals surface area (Å²) in [7, 11) is 0. The lowest BCUT2D eigenvalue weighted by Gasteiger charge is -2.12. The molecule has 2 aromatic rings. The Labute approximate surface area is 166 Å². The topological polar surface area (TPSA) is 92.8 Å². The standard InChI is InChI=1S/C20H20N2O5S/c1-3-7-16(23)21-17-15(20(26)27-4-2)10-12(28-17)11-22-18(24)13-8-5-6-9-14(13)19(22)25/h5-6,8-10H,3-4,7,11H2,1-2H3,(H,21,23). The van der Waals surface area contributed by atoms with Gasteiger partial charge in [-0.3, -0.25) is 19.3 Å². The summed E-state index contributed by atoms with van der Waals surface area (Å²) in [5, 5.41) is 3.09. The predicted octanol–water partition coefficient (Wildman–Crippen LogP) is 3.46. The summed E-state index contributed by atoms with van der Waals surface area (Å²) in [4.78, 5) is 51.1. The highest BCUT2D eigenvalue weighted by atomic mass is 32.1. The van der Waals surface area contributed by atoms with E-state index in [4.69, 9.17) is 4.74 Å². The molecule has 3 rings (SSSR count). The van der Waals surface area contributed by atoms with Gasteiger partial charge in [0.25, 0.3) is 11.8 Å². The van der Waals surface area contributed by atoms with Gasteiger partial charge < -0.3 is 10.1 Å². The fraction of sp³-hybridized carbons (Fsp3) is 0.300. The first-order valence-corrected chi connectivity index (χ1v) is 9.82. The van der Waals surface area contributed by atoms with Crippen LogP contribution in [0.2, 0.25) is 0 Å². The molecule has 0 atom stereocenters. The number of fused-ring (bicyclic) bond motifs is 1. The number of hydrogen-bond acceptors (Lipinski definition) is 6. The van der Waals surface area contributed by atoms with Gasteiger partial charge in [-0.2, -0.15) is 0 Å². The molecule has 0 bridgehead atoms. The third-order valence-corrected chi connectivity index (χ3v) is 5.24. The van der Waals surface area contributed by atoms with Gasteiger partial charge in [0, 0.05) is 11.3 Å². The molecule has 1 N–H and O–H groups in total. The Balaban J connectivity index is 1.86. The van der Waals surface area contributed by atoms with Gasteiger partial charge in [0.15, 0.2) is 0 Å².